The van der Waals surface area contributed by atoms with Crippen LogP contribution in [0.1, 0.15) is 24.2 Å². The number of imidazole rings is 1. The third-order valence-corrected chi connectivity index (χ3v) is 7.83. The number of hydrogen-bond acceptors (Lipinski definition) is 6. The van der Waals surface area contributed by atoms with Crippen molar-refractivity contribution in [2.24, 2.45) is 5.92 Å². The second kappa shape index (κ2) is 11.6. The molecule has 1 aliphatic carbocycles. The van der Waals surface area contributed by atoms with E-state index in [0.29, 0.717) is 66.0 Å². The normalized spacial score (nSPS) is 16.9. The van der Waals surface area contributed by atoms with Crippen molar-refractivity contribution in [3.8, 4) is 11.5 Å². The molecule has 4 aromatic rings. The molecule has 6 rings (SSSR count). The zero-order valence-electron chi connectivity index (χ0n) is 22.8. The molecule has 1 atom stereocenters. The fraction of sp³-hybridized carbons (Fsp3) is 0.355. The van der Waals surface area contributed by atoms with Gasteiger partial charge in [0.25, 0.3) is 0 Å². The quantitative estimate of drug-likeness (QED) is 0.174. The molecular weight excluding hydrogens is 552 g/mol. The van der Waals surface area contributed by atoms with Gasteiger partial charge in [-0.2, -0.15) is 0 Å². The lowest BCUT2D eigenvalue weighted by molar-refractivity contribution is -0.274. The van der Waals surface area contributed by atoms with E-state index in [0.717, 1.165) is 19.1 Å². The molecule has 3 aromatic carbocycles. The highest BCUT2D eigenvalue weighted by molar-refractivity contribution is 5.81. The molecule has 1 aromatic heterocycles. The van der Waals surface area contributed by atoms with Crippen LogP contribution in [0.25, 0.3) is 11.0 Å². The van der Waals surface area contributed by atoms with E-state index in [9.17, 15) is 18.0 Å². The van der Waals surface area contributed by atoms with Gasteiger partial charge in [0.2, 0.25) is 0 Å². The molecule has 7 nitrogen and oxygen atoms in total. The highest BCUT2D eigenvalue weighted by atomic mass is 19.4. The largest absolute Gasteiger partial charge is 0.573 e. The Morgan fingerprint density at radius 1 is 0.952 bits per heavy atom. The Labute approximate surface area is 240 Å². The van der Waals surface area contributed by atoms with Gasteiger partial charge in [-0.3, -0.25) is 4.90 Å². The van der Waals surface area contributed by atoms with E-state index in [4.69, 9.17) is 4.74 Å². The zero-order chi connectivity index (χ0) is 29.3. The Bertz CT molecular complexity index is 1530. The van der Waals surface area contributed by atoms with Gasteiger partial charge in [-0.05, 0) is 54.7 Å². The van der Waals surface area contributed by atoms with Crippen LogP contribution in [0.5, 0.6) is 11.5 Å². The average Bonchev–Trinajstić information content (AvgIpc) is 3.76. The molecule has 0 amide bonds. The van der Waals surface area contributed by atoms with Gasteiger partial charge < -0.3 is 23.7 Å². The van der Waals surface area contributed by atoms with Gasteiger partial charge in [-0.25, -0.2) is 9.37 Å². The van der Waals surface area contributed by atoms with Gasteiger partial charge in [-0.1, -0.05) is 30.3 Å². The minimum atomic E-state index is -4.78. The van der Waals surface area contributed by atoms with Gasteiger partial charge in [0.05, 0.1) is 22.8 Å². The molecule has 2 fully saturated rings. The Hall–Kier alpha value is -4.12. The van der Waals surface area contributed by atoms with Crippen LogP contribution in [0.4, 0.5) is 23.2 Å². The first-order chi connectivity index (χ1) is 20.3. The second-order valence-electron chi connectivity index (χ2n) is 10.7. The molecular formula is C31H30F4N4O3. The predicted molar refractivity (Wildman–Crippen MR) is 149 cm³/mol. The fourth-order valence-electron chi connectivity index (χ4n) is 5.55. The first-order valence-electron chi connectivity index (χ1n) is 13.9. The number of piperazine rings is 1. The van der Waals surface area contributed by atoms with Crippen LogP contribution in [-0.4, -0.2) is 59.3 Å². The number of carbonyl (C=O) groups is 1. The van der Waals surface area contributed by atoms with Crippen molar-refractivity contribution in [1.29, 1.82) is 0 Å². The maximum absolute atomic E-state index is 15.5. The van der Waals surface area contributed by atoms with Crippen LogP contribution in [0.15, 0.2) is 66.7 Å². The average molecular weight is 583 g/mol. The third kappa shape index (κ3) is 6.35. The van der Waals surface area contributed by atoms with Crippen molar-refractivity contribution in [3.05, 3.63) is 83.9 Å². The number of para-hydroxylation sites is 1. The third-order valence-electron chi connectivity index (χ3n) is 7.83. The summed E-state index contributed by atoms with van der Waals surface area (Å²) in [5.41, 5.74) is 2.29. The summed E-state index contributed by atoms with van der Waals surface area (Å²) >= 11 is 0. The number of benzene rings is 3. The molecule has 1 saturated carbocycles. The molecule has 1 aliphatic heterocycles. The summed E-state index contributed by atoms with van der Waals surface area (Å²) in [6.45, 7) is 2.88. The number of fused-ring (bicyclic) bond motifs is 1. The second-order valence-corrected chi connectivity index (χ2v) is 10.7. The van der Waals surface area contributed by atoms with Gasteiger partial charge in [0.15, 0.2) is 0 Å². The van der Waals surface area contributed by atoms with Crippen molar-refractivity contribution in [1.82, 2.24) is 14.5 Å². The van der Waals surface area contributed by atoms with Gasteiger partial charge in [-0.15, -0.1) is 13.2 Å². The minimum Gasteiger partial charge on any atom is -0.486 e. The molecule has 2 aliphatic rings. The SMILES string of the molecule is O=CC(C1CC1)N1CCN(c2cc3c(cc2F)nc(COc2ccccc2)n3Cc2ccc(OC(F)(F)F)cc2)CC1. The van der Waals surface area contributed by atoms with Crippen LogP contribution in [0, 0.1) is 11.7 Å². The van der Waals surface area contributed by atoms with Crippen molar-refractivity contribution in [2.75, 3.05) is 31.1 Å². The maximum Gasteiger partial charge on any atom is 0.573 e. The van der Waals surface area contributed by atoms with Crippen LogP contribution in [0.3, 0.4) is 0 Å². The Balaban J connectivity index is 1.28. The zero-order valence-corrected chi connectivity index (χ0v) is 22.8. The number of rotatable bonds is 10. The van der Waals surface area contributed by atoms with E-state index in [1.54, 1.807) is 18.2 Å². The Morgan fingerprint density at radius 2 is 1.67 bits per heavy atom. The van der Waals surface area contributed by atoms with Crippen LogP contribution in [-0.2, 0) is 17.9 Å². The summed E-state index contributed by atoms with van der Waals surface area (Å²) < 4.78 is 65.2. The molecule has 42 heavy (non-hydrogen) atoms. The highest BCUT2D eigenvalue weighted by Crippen LogP contribution is 2.35. The minimum absolute atomic E-state index is 0.0685. The first kappa shape index (κ1) is 28.0. The molecule has 220 valence electrons. The summed E-state index contributed by atoms with van der Waals surface area (Å²) in [5, 5.41) is 0. The molecule has 2 heterocycles. The number of halogens is 4. The number of anilines is 1. The smallest absolute Gasteiger partial charge is 0.486 e. The van der Waals surface area contributed by atoms with E-state index in [1.165, 1.54) is 18.2 Å². The van der Waals surface area contributed by atoms with Gasteiger partial charge in [0.1, 0.15) is 36.0 Å². The van der Waals surface area contributed by atoms with E-state index in [-0.39, 0.29) is 30.8 Å². The number of alkyl halides is 3. The number of hydrogen-bond donors (Lipinski definition) is 0. The molecule has 0 spiro atoms. The summed E-state index contributed by atoms with van der Waals surface area (Å²) in [4.78, 5) is 20.5. The van der Waals surface area contributed by atoms with Crippen LogP contribution >= 0.6 is 0 Å². The monoisotopic (exact) mass is 582 g/mol. The standard InChI is InChI=1S/C31H30F4N4O3/c32-25-16-26-28(17-27(25)37-12-14-38(15-13-37)29(19-40)22-8-9-22)39(30(36-26)20-41-23-4-2-1-3-5-23)18-21-6-10-24(11-7-21)42-31(33,34)35/h1-7,10-11,16-17,19,22,29H,8-9,12-15,18,20H2. The van der Waals surface area contributed by atoms with Gasteiger partial charge in [0, 0.05) is 38.8 Å². The highest BCUT2D eigenvalue weighted by Gasteiger charge is 2.36. The number of carbonyl (C=O) groups excluding carboxylic acids is 1. The van der Waals surface area contributed by atoms with Crippen LogP contribution in [0.2, 0.25) is 0 Å². The summed E-state index contributed by atoms with van der Waals surface area (Å²) in [5.74, 6) is 0.927. The molecule has 0 bridgehead atoms. The van der Waals surface area contributed by atoms with Crippen LogP contribution < -0.4 is 14.4 Å². The number of aromatic nitrogens is 2. The van der Waals surface area contributed by atoms with Crippen molar-refractivity contribution in [3.63, 3.8) is 0 Å². The summed E-state index contributed by atoms with van der Waals surface area (Å²) in [6.07, 6.45) is -1.58. The molecule has 0 radical (unpaired) electrons. The Kier molecular flexibility index (Phi) is 7.76. The number of aldehydes is 1. The maximum atomic E-state index is 15.5. The number of ether oxygens (including phenoxy) is 2. The Morgan fingerprint density at radius 3 is 2.31 bits per heavy atom. The van der Waals surface area contributed by atoms with Gasteiger partial charge >= 0.3 is 6.36 Å². The lowest BCUT2D eigenvalue weighted by Gasteiger charge is -2.38. The van der Waals surface area contributed by atoms with E-state index < -0.39 is 6.36 Å². The lowest BCUT2D eigenvalue weighted by atomic mass is 10.1. The summed E-state index contributed by atoms with van der Waals surface area (Å²) in [7, 11) is 0. The van der Waals surface area contributed by atoms with E-state index >= 15 is 4.39 Å². The molecule has 11 heteroatoms. The lowest BCUT2D eigenvalue weighted by Crippen LogP contribution is -2.51. The fourth-order valence-corrected chi connectivity index (χ4v) is 5.55. The molecule has 1 unspecified atom stereocenters. The molecule has 0 N–H and O–H groups in total. The first-order valence-corrected chi connectivity index (χ1v) is 13.9. The van der Waals surface area contributed by atoms with Crippen molar-refractivity contribution in [2.45, 2.75) is 38.4 Å². The summed E-state index contributed by atoms with van der Waals surface area (Å²) in [6, 6.07) is 18.0. The predicted octanol–water partition coefficient (Wildman–Crippen LogP) is 5.80. The number of nitrogens with zero attached hydrogens (tertiary/aromatic N) is 4. The molecule has 1 saturated heterocycles. The van der Waals surface area contributed by atoms with E-state index in [1.807, 2.05) is 39.8 Å². The van der Waals surface area contributed by atoms with Crippen molar-refractivity contribution < 1.29 is 31.8 Å². The topological polar surface area (TPSA) is 59.8 Å². The van der Waals surface area contributed by atoms with E-state index in [2.05, 4.69) is 14.6 Å². The van der Waals surface area contributed by atoms with Crippen molar-refractivity contribution >= 4 is 23.0 Å².